The molecule has 0 bridgehead atoms. The molecule has 0 N–H and O–H groups in total. The third kappa shape index (κ3) is 4.52. The number of nitriles is 1. The van der Waals surface area contributed by atoms with Gasteiger partial charge in [0.15, 0.2) is 0 Å². The Kier molecular flexibility index (Phi) is 5.87. The molecular weight excluding hydrogens is 204 g/mol. The van der Waals surface area contributed by atoms with Crippen LogP contribution in [0.3, 0.4) is 0 Å². The van der Waals surface area contributed by atoms with Gasteiger partial charge < -0.3 is 4.74 Å². The van der Waals surface area contributed by atoms with Crippen LogP contribution >= 0.6 is 0 Å². The monoisotopic (exact) mass is 226 g/mol. The number of carbonyl (C=O) groups excluding carboxylic acids is 1. The Morgan fingerprint density at radius 1 is 1.44 bits per heavy atom. The number of rotatable bonds is 0. The van der Waals surface area contributed by atoms with Crippen molar-refractivity contribution in [1.82, 2.24) is 4.90 Å². The van der Waals surface area contributed by atoms with Crippen LogP contribution in [0.1, 0.15) is 47.5 Å². The first kappa shape index (κ1) is 14.8. The number of hydrogen-bond donors (Lipinski definition) is 0. The molecule has 16 heavy (non-hydrogen) atoms. The average molecular weight is 226 g/mol. The molecule has 1 aliphatic rings. The summed E-state index contributed by atoms with van der Waals surface area (Å²) in [6, 6.07) is 1.80. The lowest BCUT2D eigenvalue weighted by Gasteiger charge is -2.25. The highest BCUT2D eigenvalue weighted by atomic mass is 16.6. The second kappa shape index (κ2) is 6.37. The van der Waals surface area contributed by atoms with Crippen LogP contribution in [0.5, 0.6) is 0 Å². The van der Waals surface area contributed by atoms with Gasteiger partial charge in [-0.3, -0.25) is 4.90 Å². The summed E-state index contributed by atoms with van der Waals surface area (Å²) in [5.41, 5.74) is -0.486. The predicted molar refractivity (Wildman–Crippen MR) is 62.9 cm³/mol. The zero-order valence-electron chi connectivity index (χ0n) is 10.9. The van der Waals surface area contributed by atoms with Crippen molar-refractivity contribution in [3.05, 3.63) is 0 Å². The van der Waals surface area contributed by atoms with Gasteiger partial charge in [-0.1, -0.05) is 13.8 Å². The lowest BCUT2D eigenvalue weighted by Crippen LogP contribution is -2.39. The van der Waals surface area contributed by atoms with E-state index in [-0.39, 0.29) is 12.1 Å². The summed E-state index contributed by atoms with van der Waals surface area (Å²) < 4.78 is 5.19. The predicted octanol–water partition coefficient (Wildman–Crippen LogP) is 2.94. The molecule has 1 unspecified atom stereocenters. The summed E-state index contributed by atoms with van der Waals surface area (Å²) >= 11 is 0. The largest absolute Gasteiger partial charge is 0.444 e. The van der Waals surface area contributed by atoms with Crippen LogP contribution in [-0.4, -0.2) is 29.2 Å². The second-order valence-corrected chi connectivity index (χ2v) is 4.46. The van der Waals surface area contributed by atoms with E-state index in [0.717, 1.165) is 12.8 Å². The third-order valence-corrected chi connectivity index (χ3v) is 2.03. The van der Waals surface area contributed by atoms with Crippen molar-refractivity contribution >= 4 is 6.09 Å². The maximum atomic E-state index is 11.6. The van der Waals surface area contributed by atoms with Crippen molar-refractivity contribution in [2.45, 2.75) is 59.1 Å². The number of carbonyl (C=O) groups is 1. The Morgan fingerprint density at radius 2 is 2.00 bits per heavy atom. The van der Waals surface area contributed by atoms with E-state index in [1.807, 2.05) is 34.6 Å². The molecule has 0 aromatic heterocycles. The molecule has 1 heterocycles. The first-order valence-corrected chi connectivity index (χ1v) is 5.83. The Morgan fingerprint density at radius 3 is 2.44 bits per heavy atom. The molecule has 1 atom stereocenters. The van der Waals surface area contributed by atoms with E-state index >= 15 is 0 Å². The van der Waals surface area contributed by atoms with Crippen molar-refractivity contribution in [2.24, 2.45) is 0 Å². The molecule has 0 spiro atoms. The quantitative estimate of drug-likeness (QED) is 0.638. The van der Waals surface area contributed by atoms with Crippen LogP contribution in [0.25, 0.3) is 0 Å². The number of hydrogen-bond acceptors (Lipinski definition) is 3. The van der Waals surface area contributed by atoms with Gasteiger partial charge in [-0.15, -0.1) is 0 Å². The molecule has 0 radical (unpaired) electrons. The second-order valence-electron chi connectivity index (χ2n) is 4.46. The molecule has 0 aliphatic carbocycles. The minimum absolute atomic E-state index is 0.301. The van der Waals surface area contributed by atoms with Gasteiger partial charge in [-0.05, 0) is 33.6 Å². The van der Waals surface area contributed by atoms with E-state index in [0.29, 0.717) is 6.54 Å². The van der Waals surface area contributed by atoms with Crippen molar-refractivity contribution in [2.75, 3.05) is 6.54 Å². The molecule has 4 nitrogen and oxygen atoms in total. The highest BCUT2D eigenvalue weighted by molar-refractivity contribution is 5.69. The van der Waals surface area contributed by atoms with Crippen LogP contribution in [-0.2, 0) is 4.74 Å². The fourth-order valence-electron chi connectivity index (χ4n) is 1.44. The smallest absolute Gasteiger partial charge is 0.411 e. The van der Waals surface area contributed by atoms with Gasteiger partial charge in [0.05, 0.1) is 6.07 Å². The van der Waals surface area contributed by atoms with Crippen LogP contribution in [0.4, 0.5) is 4.79 Å². The number of likely N-dealkylation sites (tertiary alicyclic amines) is 1. The average Bonchev–Trinajstić information content (AvgIpc) is 2.66. The Bertz CT molecular complexity index is 263. The van der Waals surface area contributed by atoms with Crippen molar-refractivity contribution in [3.63, 3.8) is 0 Å². The molecule has 1 aliphatic heterocycles. The molecule has 1 amide bonds. The summed E-state index contributed by atoms with van der Waals surface area (Å²) in [4.78, 5) is 13.1. The van der Waals surface area contributed by atoms with Crippen LogP contribution < -0.4 is 0 Å². The van der Waals surface area contributed by atoms with Crippen LogP contribution in [0, 0.1) is 11.3 Å². The lowest BCUT2D eigenvalue weighted by molar-refractivity contribution is 0.0260. The zero-order valence-corrected chi connectivity index (χ0v) is 10.9. The van der Waals surface area contributed by atoms with Crippen molar-refractivity contribution < 1.29 is 9.53 Å². The van der Waals surface area contributed by atoms with Crippen LogP contribution in [0.15, 0.2) is 0 Å². The minimum Gasteiger partial charge on any atom is -0.444 e. The van der Waals surface area contributed by atoms with E-state index in [9.17, 15) is 4.79 Å². The zero-order chi connectivity index (χ0) is 12.8. The molecule has 4 heteroatoms. The van der Waals surface area contributed by atoms with Gasteiger partial charge in [0.1, 0.15) is 11.6 Å². The van der Waals surface area contributed by atoms with Gasteiger partial charge in [-0.2, -0.15) is 5.26 Å². The van der Waals surface area contributed by atoms with E-state index in [4.69, 9.17) is 10.00 Å². The summed E-state index contributed by atoms with van der Waals surface area (Å²) in [6.07, 6.45) is 1.27. The first-order chi connectivity index (χ1) is 7.44. The molecule has 0 saturated carbocycles. The Labute approximate surface area is 98.2 Å². The highest BCUT2D eigenvalue weighted by Crippen LogP contribution is 2.19. The van der Waals surface area contributed by atoms with Gasteiger partial charge in [0.25, 0.3) is 0 Å². The topological polar surface area (TPSA) is 53.3 Å². The van der Waals surface area contributed by atoms with Gasteiger partial charge in [0, 0.05) is 6.54 Å². The number of ether oxygens (including phenoxy) is 1. The van der Waals surface area contributed by atoms with Gasteiger partial charge in [-0.25, -0.2) is 4.79 Å². The Hall–Kier alpha value is -1.24. The van der Waals surface area contributed by atoms with Gasteiger partial charge >= 0.3 is 6.09 Å². The number of nitrogens with zero attached hydrogens (tertiary/aromatic N) is 2. The van der Waals surface area contributed by atoms with E-state index in [2.05, 4.69) is 6.07 Å². The first-order valence-electron chi connectivity index (χ1n) is 5.83. The maximum Gasteiger partial charge on any atom is 0.411 e. The molecule has 92 valence electrons. The molecule has 0 aromatic carbocycles. The third-order valence-electron chi connectivity index (χ3n) is 2.03. The summed E-state index contributed by atoms with van der Waals surface area (Å²) in [5.74, 6) is 0. The SMILES string of the molecule is CC.CC(C)(C)OC(=O)N1CCCC1C#N. The highest BCUT2D eigenvalue weighted by Gasteiger charge is 2.31. The van der Waals surface area contributed by atoms with Crippen LogP contribution in [0.2, 0.25) is 0 Å². The molecule has 1 rings (SSSR count). The van der Waals surface area contributed by atoms with E-state index in [1.54, 1.807) is 0 Å². The minimum atomic E-state index is -0.486. The fourth-order valence-corrected chi connectivity index (χ4v) is 1.44. The van der Waals surface area contributed by atoms with Gasteiger partial charge in [0.2, 0.25) is 0 Å². The molecule has 0 aromatic rings. The Balaban J connectivity index is 0.00000106. The summed E-state index contributed by atoms with van der Waals surface area (Å²) in [6.45, 7) is 10.1. The summed E-state index contributed by atoms with van der Waals surface area (Å²) in [5, 5.41) is 8.78. The van der Waals surface area contributed by atoms with E-state index < -0.39 is 5.60 Å². The lowest BCUT2D eigenvalue weighted by atomic mass is 10.2. The number of amides is 1. The standard InChI is InChI=1S/C10H16N2O2.C2H6/c1-10(2,3)14-9(13)12-6-4-5-8(12)7-11;1-2/h8H,4-6H2,1-3H3;1-2H3. The molecule has 1 fully saturated rings. The van der Waals surface area contributed by atoms with E-state index in [1.165, 1.54) is 4.90 Å². The maximum absolute atomic E-state index is 11.6. The molecule has 1 saturated heterocycles. The van der Waals surface area contributed by atoms with Crippen molar-refractivity contribution in [1.29, 1.82) is 5.26 Å². The normalized spacial score (nSPS) is 19.5. The van der Waals surface area contributed by atoms with Crippen molar-refractivity contribution in [3.8, 4) is 6.07 Å². The summed E-state index contributed by atoms with van der Waals surface area (Å²) in [7, 11) is 0. The molecular formula is C12H22N2O2. The fraction of sp³-hybridized carbons (Fsp3) is 0.833.